The molecule has 5 rings (SSSR count). The van der Waals surface area contributed by atoms with Gasteiger partial charge >= 0.3 is 0 Å². The Bertz CT molecular complexity index is 1250. The van der Waals surface area contributed by atoms with Crippen molar-refractivity contribution < 1.29 is 4.52 Å². The first-order valence-electron chi connectivity index (χ1n) is 11.4. The summed E-state index contributed by atoms with van der Waals surface area (Å²) in [4.78, 5) is 20.0. The van der Waals surface area contributed by atoms with Crippen LogP contribution in [-0.4, -0.2) is 42.3 Å². The van der Waals surface area contributed by atoms with Crippen LogP contribution in [0.25, 0.3) is 16.8 Å². The first kappa shape index (κ1) is 20.6. The zero-order valence-corrected chi connectivity index (χ0v) is 18.4. The maximum atomic E-state index is 13.0. The van der Waals surface area contributed by atoms with E-state index in [0.717, 1.165) is 24.3 Å². The zero-order chi connectivity index (χ0) is 21.9. The van der Waals surface area contributed by atoms with Crippen molar-refractivity contribution in [1.82, 2.24) is 29.2 Å². The lowest BCUT2D eigenvalue weighted by Crippen LogP contribution is -2.27. The Hall–Kier alpha value is -3.26. The molecule has 1 saturated heterocycles. The Morgan fingerprint density at radius 1 is 0.969 bits per heavy atom. The van der Waals surface area contributed by atoms with Gasteiger partial charge in [-0.1, -0.05) is 54.2 Å². The molecule has 32 heavy (non-hydrogen) atoms. The molecule has 0 saturated carbocycles. The molecule has 1 aliphatic heterocycles. The molecule has 4 heterocycles. The first-order valence-corrected chi connectivity index (χ1v) is 11.4. The number of aryl methyl sites for hydroxylation is 1. The van der Waals surface area contributed by atoms with E-state index in [1.165, 1.54) is 37.7 Å². The number of likely N-dealkylation sites (tertiary alicyclic amines) is 1. The van der Waals surface area contributed by atoms with Gasteiger partial charge in [0.25, 0.3) is 5.56 Å². The standard InChI is InChI=1S/C24H28N6O2/c1-18-7-9-19(10-8-18)20-15-21-24(31)29(13-14-30(21)26-20)16-22-25-23(32-27-22)17-28-11-5-3-2-4-6-12-28/h7-10,13-15H,2-6,11-12,16-17H2,1H3. The molecule has 1 aromatic carbocycles. The number of nitrogens with zero attached hydrogens (tertiary/aromatic N) is 6. The largest absolute Gasteiger partial charge is 0.338 e. The average Bonchev–Trinajstić information content (AvgIpc) is 3.40. The van der Waals surface area contributed by atoms with E-state index in [0.29, 0.717) is 23.8 Å². The van der Waals surface area contributed by atoms with E-state index in [-0.39, 0.29) is 12.1 Å². The van der Waals surface area contributed by atoms with Gasteiger partial charge in [-0.25, -0.2) is 4.52 Å². The maximum Gasteiger partial charge on any atom is 0.277 e. The second-order valence-electron chi connectivity index (χ2n) is 8.60. The van der Waals surface area contributed by atoms with Crippen molar-refractivity contribution in [2.45, 2.75) is 52.1 Å². The fraction of sp³-hybridized carbons (Fsp3) is 0.417. The third-order valence-corrected chi connectivity index (χ3v) is 6.08. The number of rotatable bonds is 5. The second kappa shape index (κ2) is 9.08. The molecular weight excluding hydrogens is 404 g/mol. The Balaban J connectivity index is 1.32. The van der Waals surface area contributed by atoms with Gasteiger partial charge < -0.3 is 9.09 Å². The quantitative estimate of drug-likeness (QED) is 0.479. The summed E-state index contributed by atoms with van der Waals surface area (Å²) in [5.41, 5.74) is 3.33. The van der Waals surface area contributed by atoms with Gasteiger partial charge in [0.15, 0.2) is 5.82 Å². The molecule has 1 aliphatic rings. The van der Waals surface area contributed by atoms with Crippen LogP contribution in [0.1, 0.15) is 49.4 Å². The highest BCUT2D eigenvalue weighted by Crippen LogP contribution is 2.19. The van der Waals surface area contributed by atoms with Crippen LogP contribution in [-0.2, 0) is 13.1 Å². The van der Waals surface area contributed by atoms with Gasteiger partial charge in [-0.3, -0.25) is 9.69 Å². The van der Waals surface area contributed by atoms with Crippen LogP contribution in [0.15, 0.2) is 52.0 Å². The minimum absolute atomic E-state index is 0.131. The molecule has 4 aromatic rings. The summed E-state index contributed by atoms with van der Waals surface area (Å²) in [5.74, 6) is 1.12. The van der Waals surface area contributed by atoms with Crippen molar-refractivity contribution >= 4 is 5.52 Å². The van der Waals surface area contributed by atoms with Crippen molar-refractivity contribution in [2.24, 2.45) is 0 Å². The summed E-state index contributed by atoms with van der Waals surface area (Å²) < 4.78 is 8.70. The van der Waals surface area contributed by atoms with Crippen molar-refractivity contribution in [2.75, 3.05) is 13.1 Å². The Morgan fingerprint density at radius 3 is 2.50 bits per heavy atom. The van der Waals surface area contributed by atoms with Crippen molar-refractivity contribution in [3.05, 3.63) is 70.4 Å². The number of hydrogen-bond donors (Lipinski definition) is 0. The number of aromatic nitrogens is 5. The van der Waals surface area contributed by atoms with Gasteiger partial charge in [0.1, 0.15) is 5.52 Å². The molecule has 0 bridgehead atoms. The van der Waals surface area contributed by atoms with Crippen molar-refractivity contribution in [3.63, 3.8) is 0 Å². The van der Waals surface area contributed by atoms with Crippen molar-refractivity contribution in [1.29, 1.82) is 0 Å². The minimum Gasteiger partial charge on any atom is -0.338 e. The fourth-order valence-electron chi connectivity index (χ4n) is 4.25. The summed E-state index contributed by atoms with van der Waals surface area (Å²) in [6, 6.07) is 9.94. The van der Waals surface area contributed by atoms with Crippen LogP contribution in [0.3, 0.4) is 0 Å². The lowest BCUT2D eigenvalue weighted by Gasteiger charge is -2.22. The van der Waals surface area contributed by atoms with Crippen LogP contribution in [0.5, 0.6) is 0 Å². The number of benzene rings is 1. The predicted molar refractivity (Wildman–Crippen MR) is 121 cm³/mol. The Labute approximate surface area is 186 Å². The molecule has 0 aliphatic carbocycles. The molecule has 8 nitrogen and oxygen atoms in total. The molecule has 0 N–H and O–H groups in total. The van der Waals surface area contributed by atoms with Crippen LogP contribution in [0.2, 0.25) is 0 Å². The fourth-order valence-corrected chi connectivity index (χ4v) is 4.25. The molecular formula is C24H28N6O2. The Kier molecular flexibility index (Phi) is 5.85. The van der Waals surface area contributed by atoms with Gasteiger partial charge in [0.05, 0.1) is 18.8 Å². The average molecular weight is 433 g/mol. The van der Waals surface area contributed by atoms with Crippen LogP contribution in [0.4, 0.5) is 0 Å². The van der Waals surface area contributed by atoms with Gasteiger partial charge in [-0.15, -0.1) is 0 Å². The predicted octanol–water partition coefficient (Wildman–Crippen LogP) is 3.67. The number of hydrogen-bond acceptors (Lipinski definition) is 6. The number of fused-ring (bicyclic) bond motifs is 1. The van der Waals surface area contributed by atoms with Gasteiger partial charge in [-0.05, 0) is 38.9 Å². The van der Waals surface area contributed by atoms with Gasteiger partial charge in [0.2, 0.25) is 5.89 Å². The van der Waals surface area contributed by atoms with Crippen LogP contribution in [0, 0.1) is 6.92 Å². The van der Waals surface area contributed by atoms with E-state index in [2.05, 4.69) is 20.1 Å². The van der Waals surface area contributed by atoms with E-state index in [9.17, 15) is 4.79 Å². The van der Waals surface area contributed by atoms with Crippen LogP contribution < -0.4 is 5.56 Å². The first-order chi connectivity index (χ1) is 15.7. The van der Waals surface area contributed by atoms with E-state index >= 15 is 0 Å². The molecule has 0 spiro atoms. The smallest absolute Gasteiger partial charge is 0.277 e. The molecule has 0 amide bonds. The van der Waals surface area contributed by atoms with Gasteiger partial charge in [-0.2, -0.15) is 10.1 Å². The third kappa shape index (κ3) is 4.50. The lowest BCUT2D eigenvalue weighted by molar-refractivity contribution is 0.208. The lowest BCUT2D eigenvalue weighted by atomic mass is 10.1. The molecule has 166 valence electrons. The molecule has 8 heteroatoms. The van der Waals surface area contributed by atoms with E-state index in [1.54, 1.807) is 21.5 Å². The summed E-state index contributed by atoms with van der Waals surface area (Å²) >= 11 is 0. The highest BCUT2D eigenvalue weighted by atomic mass is 16.5. The van der Waals surface area contributed by atoms with Crippen LogP contribution >= 0.6 is 0 Å². The summed E-state index contributed by atoms with van der Waals surface area (Å²) in [6.45, 7) is 5.12. The summed E-state index contributed by atoms with van der Waals surface area (Å²) in [5, 5.41) is 8.66. The highest BCUT2D eigenvalue weighted by Gasteiger charge is 2.15. The zero-order valence-electron chi connectivity index (χ0n) is 18.4. The normalized spacial score (nSPS) is 15.7. The minimum atomic E-state index is -0.131. The molecule has 0 unspecified atom stereocenters. The van der Waals surface area contributed by atoms with Gasteiger partial charge in [0, 0.05) is 18.0 Å². The SMILES string of the molecule is Cc1ccc(-c2cc3c(=O)n(Cc4noc(CN5CCCCCCC5)n4)ccn3n2)cc1. The molecule has 0 radical (unpaired) electrons. The third-order valence-electron chi connectivity index (χ3n) is 6.08. The molecule has 3 aromatic heterocycles. The summed E-state index contributed by atoms with van der Waals surface area (Å²) in [7, 11) is 0. The van der Waals surface area contributed by atoms with E-state index < -0.39 is 0 Å². The molecule has 1 fully saturated rings. The van der Waals surface area contributed by atoms with E-state index in [1.807, 2.05) is 37.3 Å². The maximum absolute atomic E-state index is 13.0. The monoisotopic (exact) mass is 432 g/mol. The topological polar surface area (TPSA) is 81.5 Å². The Morgan fingerprint density at radius 2 is 1.72 bits per heavy atom. The second-order valence-corrected chi connectivity index (χ2v) is 8.60. The summed E-state index contributed by atoms with van der Waals surface area (Å²) in [6.07, 6.45) is 9.85. The van der Waals surface area contributed by atoms with Crippen molar-refractivity contribution in [3.8, 4) is 11.3 Å². The highest BCUT2D eigenvalue weighted by molar-refractivity contribution is 5.65. The van der Waals surface area contributed by atoms with E-state index in [4.69, 9.17) is 4.52 Å². The molecule has 0 atom stereocenters.